The Kier molecular flexibility index (Phi) is 8.20. The fraction of sp³-hybridized carbons (Fsp3) is 0.588. The Labute approximate surface area is 181 Å². The highest BCUT2D eigenvalue weighted by molar-refractivity contribution is 14.0. The van der Waals surface area contributed by atoms with E-state index in [1.54, 1.807) is 13.2 Å². The van der Waals surface area contributed by atoms with Crippen LogP contribution >= 0.6 is 24.0 Å². The van der Waals surface area contributed by atoms with E-state index in [0.717, 1.165) is 31.2 Å². The van der Waals surface area contributed by atoms with Crippen molar-refractivity contribution in [1.29, 1.82) is 0 Å². The Balaban J connectivity index is 0.00000280. The van der Waals surface area contributed by atoms with E-state index in [4.69, 9.17) is 0 Å². The van der Waals surface area contributed by atoms with Crippen LogP contribution in [0.25, 0.3) is 0 Å². The predicted molar refractivity (Wildman–Crippen MR) is 114 cm³/mol. The van der Waals surface area contributed by atoms with Gasteiger partial charge < -0.3 is 19.5 Å². The molecule has 2 aromatic rings. The lowest BCUT2D eigenvalue weighted by molar-refractivity contribution is -0.141. The number of carbonyl (C=O) groups excluding carboxylic acids is 1. The van der Waals surface area contributed by atoms with Crippen molar-refractivity contribution in [3.8, 4) is 0 Å². The number of nitrogens with one attached hydrogen (secondary N) is 1. The zero-order chi connectivity index (χ0) is 19.2. The molecule has 0 aliphatic carbocycles. The van der Waals surface area contributed by atoms with Crippen molar-refractivity contribution < 1.29 is 9.53 Å². The molecule has 0 radical (unpaired) electrons. The summed E-state index contributed by atoms with van der Waals surface area (Å²) in [6.45, 7) is 4.62. The normalized spacial score (nSPS) is 19.8. The largest absolute Gasteiger partial charge is 0.468 e. The number of likely N-dealkylation sites (tertiary alicyclic amines) is 1. The first-order chi connectivity index (χ1) is 13.1. The van der Waals surface area contributed by atoms with Crippen LogP contribution < -0.4 is 5.32 Å². The van der Waals surface area contributed by atoms with Crippen molar-refractivity contribution in [3.63, 3.8) is 0 Å². The number of rotatable bonds is 5. The van der Waals surface area contributed by atoms with Crippen molar-refractivity contribution in [2.45, 2.75) is 32.5 Å². The van der Waals surface area contributed by atoms with E-state index >= 15 is 0 Å². The van der Waals surface area contributed by atoms with E-state index in [9.17, 15) is 4.79 Å². The van der Waals surface area contributed by atoms with E-state index in [1.807, 2.05) is 18.7 Å². The molecule has 0 bridgehead atoms. The van der Waals surface area contributed by atoms with Gasteiger partial charge in [0, 0.05) is 32.5 Å². The van der Waals surface area contributed by atoms with Crippen molar-refractivity contribution >= 4 is 35.9 Å². The number of aromatic nitrogens is 5. The summed E-state index contributed by atoms with van der Waals surface area (Å²) in [6.07, 6.45) is 8.51. The Morgan fingerprint density at radius 2 is 2.29 bits per heavy atom. The fourth-order valence-corrected chi connectivity index (χ4v) is 3.29. The van der Waals surface area contributed by atoms with Crippen molar-refractivity contribution in [3.05, 3.63) is 30.6 Å². The maximum Gasteiger partial charge on any atom is 0.327 e. The van der Waals surface area contributed by atoms with Gasteiger partial charge in [-0.2, -0.15) is 0 Å². The van der Waals surface area contributed by atoms with Crippen LogP contribution in [0, 0.1) is 5.92 Å². The molecule has 0 aromatic carbocycles. The molecule has 11 heteroatoms. The smallest absolute Gasteiger partial charge is 0.327 e. The Hall–Kier alpha value is -2.18. The Morgan fingerprint density at radius 1 is 1.46 bits per heavy atom. The highest BCUT2D eigenvalue weighted by Crippen LogP contribution is 2.27. The average Bonchev–Trinajstić information content (AvgIpc) is 3.35. The summed E-state index contributed by atoms with van der Waals surface area (Å²) in [6, 6.07) is 0.362. The quantitative estimate of drug-likeness (QED) is 0.281. The maximum atomic E-state index is 11.3. The third kappa shape index (κ3) is 5.42. The number of hydrogen-bond acceptors (Lipinski definition) is 6. The molecule has 2 atom stereocenters. The van der Waals surface area contributed by atoms with Crippen LogP contribution in [0.5, 0.6) is 0 Å². The van der Waals surface area contributed by atoms with Crippen LogP contribution in [-0.2, 0) is 22.6 Å². The van der Waals surface area contributed by atoms with Gasteiger partial charge in [0.2, 0.25) is 0 Å². The summed E-state index contributed by atoms with van der Waals surface area (Å²) >= 11 is 0. The zero-order valence-electron chi connectivity index (χ0n) is 16.4. The summed E-state index contributed by atoms with van der Waals surface area (Å²) in [5.74, 6) is 1.05. The second-order valence-electron chi connectivity index (χ2n) is 6.67. The van der Waals surface area contributed by atoms with Gasteiger partial charge in [0.15, 0.2) is 5.96 Å². The van der Waals surface area contributed by atoms with Crippen LogP contribution in [-0.4, -0.2) is 68.6 Å². The number of esters is 1. The first-order valence-corrected chi connectivity index (χ1v) is 8.99. The van der Waals surface area contributed by atoms with E-state index < -0.39 is 0 Å². The topological polar surface area (TPSA) is 102 Å². The molecule has 2 aromatic heterocycles. The van der Waals surface area contributed by atoms with Gasteiger partial charge >= 0.3 is 5.97 Å². The molecule has 0 amide bonds. The first kappa shape index (κ1) is 22.1. The molecule has 10 nitrogen and oxygen atoms in total. The monoisotopic (exact) mass is 502 g/mol. The molecule has 3 rings (SSSR count). The van der Waals surface area contributed by atoms with E-state index in [-0.39, 0.29) is 36.5 Å². The Bertz CT molecular complexity index is 776. The highest BCUT2D eigenvalue weighted by atomic mass is 127. The van der Waals surface area contributed by atoms with Gasteiger partial charge in [0.05, 0.1) is 32.2 Å². The molecular weight excluding hydrogens is 475 g/mol. The average molecular weight is 502 g/mol. The summed E-state index contributed by atoms with van der Waals surface area (Å²) in [5.41, 5.74) is 0.733. The van der Waals surface area contributed by atoms with Crippen molar-refractivity contribution in [2.24, 2.45) is 10.9 Å². The minimum Gasteiger partial charge on any atom is -0.468 e. The SMILES string of the molecule is CN=C(NCc1cn(CC(=O)OC)nn1)N1CCC(C)C(n2ccnc2)C1.I. The van der Waals surface area contributed by atoms with Crippen molar-refractivity contribution in [1.82, 2.24) is 34.8 Å². The van der Waals surface area contributed by atoms with Crippen LogP contribution in [0.3, 0.4) is 0 Å². The molecular formula is C17H27IN8O2. The van der Waals surface area contributed by atoms with Gasteiger partial charge in [0.1, 0.15) is 12.2 Å². The van der Waals surface area contributed by atoms with E-state index in [0.29, 0.717) is 18.5 Å². The molecule has 0 saturated carbocycles. The molecule has 28 heavy (non-hydrogen) atoms. The number of guanidine groups is 1. The molecule has 1 fully saturated rings. The minimum absolute atomic E-state index is 0. The second-order valence-corrected chi connectivity index (χ2v) is 6.67. The third-order valence-electron chi connectivity index (χ3n) is 4.87. The number of hydrogen-bond donors (Lipinski definition) is 1. The molecule has 1 aliphatic rings. The third-order valence-corrected chi connectivity index (χ3v) is 4.87. The number of aliphatic imine (C=N–C) groups is 1. The number of halogens is 1. The number of piperidine rings is 1. The predicted octanol–water partition coefficient (Wildman–Crippen LogP) is 0.924. The summed E-state index contributed by atoms with van der Waals surface area (Å²) in [4.78, 5) is 22.1. The second kappa shape index (κ2) is 10.4. The zero-order valence-corrected chi connectivity index (χ0v) is 18.7. The fourth-order valence-electron chi connectivity index (χ4n) is 3.29. The molecule has 1 N–H and O–H groups in total. The minimum atomic E-state index is -0.358. The van der Waals surface area contributed by atoms with Gasteiger partial charge in [-0.25, -0.2) is 9.67 Å². The molecule has 1 aliphatic heterocycles. The molecule has 1 saturated heterocycles. The Morgan fingerprint density at radius 3 is 2.96 bits per heavy atom. The summed E-state index contributed by atoms with van der Waals surface area (Å²) in [5, 5.41) is 11.4. The van der Waals surface area contributed by atoms with Crippen LogP contribution in [0.15, 0.2) is 29.9 Å². The number of imidazole rings is 1. The number of nitrogens with zero attached hydrogens (tertiary/aromatic N) is 7. The van der Waals surface area contributed by atoms with Crippen molar-refractivity contribution in [2.75, 3.05) is 27.2 Å². The molecule has 154 valence electrons. The number of ether oxygens (including phenoxy) is 1. The van der Waals surface area contributed by atoms with Gasteiger partial charge in [-0.05, 0) is 12.3 Å². The highest BCUT2D eigenvalue weighted by Gasteiger charge is 2.28. The first-order valence-electron chi connectivity index (χ1n) is 8.99. The molecule has 2 unspecified atom stereocenters. The maximum absolute atomic E-state index is 11.3. The summed E-state index contributed by atoms with van der Waals surface area (Å²) < 4.78 is 8.26. The number of carbonyl (C=O) groups is 1. The summed E-state index contributed by atoms with van der Waals surface area (Å²) in [7, 11) is 3.13. The number of methoxy groups -OCH3 is 1. The van der Waals surface area contributed by atoms with E-state index in [2.05, 4.69) is 46.7 Å². The van der Waals surface area contributed by atoms with Gasteiger partial charge in [0.25, 0.3) is 0 Å². The molecule has 3 heterocycles. The van der Waals surface area contributed by atoms with Gasteiger partial charge in [-0.15, -0.1) is 29.1 Å². The van der Waals surface area contributed by atoms with Crippen LogP contribution in [0.2, 0.25) is 0 Å². The lowest BCUT2D eigenvalue weighted by Gasteiger charge is -2.39. The van der Waals surface area contributed by atoms with Gasteiger partial charge in [-0.3, -0.25) is 9.79 Å². The standard InChI is InChI=1S/C17H26N8O2.HI/c1-13-4-6-23(10-15(13)24-7-5-19-12-24)17(18-2)20-8-14-9-25(22-21-14)11-16(26)27-3;/h5,7,9,12-13,15H,4,6,8,10-11H2,1-3H3,(H,18,20);1H. The molecule has 0 spiro atoms. The van der Waals surface area contributed by atoms with Crippen LogP contribution in [0.4, 0.5) is 0 Å². The van der Waals surface area contributed by atoms with Gasteiger partial charge in [-0.1, -0.05) is 12.1 Å². The lowest BCUT2D eigenvalue weighted by atomic mass is 9.93. The van der Waals surface area contributed by atoms with E-state index in [1.165, 1.54) is 11.8 Å². The van der Waals surface area contributed by atoms with Crippen LogP contribution in [0.1, 0.15) is 25.1 Å². The lowest BCUT2D eigenvalue weighted by Crippen LogP contribution is -2.48.